The van der Waals surface area contributed by atoms with Gasteiger partial charge in [-0.3, -0.25) is 9.69 Å². The first-order valence-corrected chi connectivity index (χ1v) is 11.6. The minimum Gasteiger partial charge on any atom is -0.337 e. The molecule has 1 aromatic carbocycles. The topological polar surface area (TPSA) is 93.5 Å². The molecule has 0 aromatic heterocycles. The van der Waals surface area contributed by atoms with E-state index in [9.17, 15) is 18.5 Å². The van der Waals surface area contributed by atoms with Crippen LogP contribution in [0.15, 0.2) is 27.6 Å². The van der Waals surface area contributed by atoms with Crippen LogP contribution in [-0.4, -0.2) is 61.8 Å². The average molecular weight is 469 g/mol. The lowest BCUT2D eigenvalue weighted by molar-refractivity contribution is -0.123. The lowest BCUT2D eigenvalue weighted by atomic mass is 9.98. The van der Waals surface area contributed by atoms with E-state index in [1.807, 2.05) is 11.8 Å². The largest absolute Gasteiger partial charge is 0.337 e. The highest BCUT2D eigenvalue weighted by atomic mass is 79.9. The molecule has 9 heteroatoms. The number of nitrogens with zero attached hydrogens (tertiary/aromatic N) is 3. The van der Waals surface area contributed by atoms with Crippen LogP contribution >= 0.6 is 15.9 Å². The van der Waals surface area contributed by atoms with E-state index in [2.05, 4.69) is 27.3 Å². The third-order valence-corrected chi connectivity index (χ3v) is 8.28. The molecule has 2 aliphatic rings. The number of amides is 1. The van der Waals surface area contributed by atoms with Gasteiger partial charge in [0.15, 0.2) is 0 Å². The van der Waals surface area contributed by atoms with Crippen molar-refractivity contribution in [2.45, 2.75) is 37.1 Å². The molecule has 0 unspecified atom stereocenters. The SMILES string of the molecule is Cc1cc(S(=O)(=O)N2CCN(CC(=O)N[C@@](C)(C#N)C3CC3)CC2)ccc1Br. The summed E-state index contributed by atoms with van der Waals surface area (Å²) >= 11 is 3.39. The Bertz CT molecular complexity index is 902. The fraction of sp³-hybridized carbons (Fsp3) is 0.579. The van der Waals surface area contributed by atoms with Crippen LogP contribution in [0, 0.1) is 24.2 Å². The number of piperazine rings is 1. The Kier molecular flexibility index (Phi) is 6.15. The van der Waals surface area contributed by atoms with E-state index in [1.165, 1.54) is 4.31 Å². The first-order chi connectivity index (χ1) is 13.2. The second-order valence-corrected chi connectivity index (χ2v) is 10.5. The highest BCUT2D eigenvalue weighted by Gasteiger charge is 2.43. The van der Waals surface area contributed by atoms with Crippen molar-refractivity contribution in [1.29, 1.82) is 5.26 Å². The quantitative estimate of drug-likeness (QED) is 0.687. The van der Waals surface area contributed by atoms with Gasteiger partial charge in [0.2, 0.25) is 15.9 Å². The van der Waals surface area contributed by atoms with Crippen LogP contribution < -0.4 is 5.32 Å². The van der Waals surface area contributed by atoms with Gasteiger partial charge in [0.1, 0.15) is 5.54 Å². The molecule has 1 N–H and O–H groups in total. The van der Waals surface area contributed by atoms with Crippen molar-refractivity contribution in [2.75, 3.05) is 32.7 Å². The maximum Gasteiger partial charge on any atom is 0.243 e. The molecule has 1 aromatic rings. The predicted molar refractivity (Wildman–Crippen MR) is 109 cm³/mol. The van der Waals surface area contributed by atoms with Crippen molar-refractivity contribution in [2.24, 2.45) is 5.92 Å². The number of rotatable bonds is 6. The summed E-state index contributed by atoms with van der Waals surface area (Å²) in [5.41, 5.74) is 0.0643. The van der Waals surface area contributed by atoms with Gasteiger partial charge in [-0.1, -0.05) is 15.9 Å². The molecule has 1 amide bonds. The molecule has 0 spiro atoms. The van der Waals surface area contributed by atoms with Crippen molar-refractivity contribution >= 4 is 31.9 Å². The summed E-state index contributed by atoms with van der Waals surface area (Å²) in [5, 5.41) is 12.2. The number of benzene rings is 1. The zero-order valence-electron chi connectivity index (χ0n) is 16.1. The maximum absolute atomic E-state index is 12.9. The van der Waals surface area contributed by atoms with Gasteiger partial charge in [-0.15, -0.1) is 0 Å². The second kappa shape index (κ2) is 8.11. The number of aryl methyl sites for hydroxylation is 1. The standard InChI is InChI=1S/C19H25BrN4O3S/c1-14-11-16(5-6-17(14)20)28(26,27)24-9-7-23(8-10-24)12-18(25)22-19(2,13-21)15-3-4-15/h5-6,11,15H,3-4,7-10,12H2,1-2H3,(H,22,25)/t19-/m0/s1. The van der Waals surface area contributed by atoms with Crippen molar-refractivity contribution in [3.8, 4) is 6.07 Å². The van der Waals surface area contributed by atoms with Crippen LogP contribution in [0.2, 0.25) is 0 Å². The van der Waals surface area contributed by atoms with Gasteiger partial charge < -0.3 is 5.32 Å². The van der Waals surface area contributed by atoms with E-state index in [0.717, 1.165) is 22.9 Å². The van der Waals surface area contributed by atoms with E-state index in [4.69, 9.17) is 0 Å². The van der Waals surface area contributed by atoms with Crippen LogP contribution in [0.4, 0.5) is 0 Å². The molecule has 1 aliphatic carbocycles. The van der Waals surface area contributed by atoms with E-state index >= 15 is 0 Å². The number of carbonyl (C=O) groups excluding carboxylic acids is 1. The Labute approximate surface area is 174 Å². The molecule has 7 nitrogen and oxygen atoms in total. The van der Waals surface area contributed by atoms with Gasteiger partial charge in [-0.2, -0.15) is 9.57 Å². The van der Waals surface area contributed by atoms with E-state index in [-0.39, 0.29) is 23.3 Å². The Morgan fingerprint density at radius 3 is 2.50 bits per heavy atom. The summed E-state index contributed by atoms with van der Waals surface area (Å²) in [6, 6.07) is 7.24. The van der Waals surface area contributed by atoms with Crippen molar-refractivity contribution in [3.63, 3.8) is 0 Å². The molecule has 0 bridgehead atoms. The molecule has 1 aliphatic heterocycles. The molecule has 2 fully saturated rings. The number of hydrogen-bond donors (Lipinski definition) is 1. The zero-order valence-corrected chi connectivity index (χ0v) is 18.5. The van der Waals surface area contributed by atoms with Crippen LogP contribution in [0.3, 0.4) is 0 Å². The average Bonchev–Trinajstić information content (AvgIpc) is 3.50. The molecule has 1 saturated carbocycles. The molecule has 1 heterocycles. The Balaban J connectivity index is 1.56. The van der Waals surface area contributed by atoms with Gasteiger partial charge in [-0.05, 0) is 56.4 Å². The number of carbonyl (C=O) groups is 1. The fourth-order valence-corrected chi connectivity index (χ4v) is 5.22. The van der Waals surface area contributed by atoms with Crippen LogP contribution in [-0.2, 0) is 14.8 Å². The minimum atomic E-state index is -3.55. The molecule has 0 radical (unpaired) electrons. The zero-order chi connectivity index (χ0) is 20.5. The molecule has 152 valence electrons. The van der Waals surface area contributed by atoms with Crippen molar-refractivity contribution in [1.82, 2.24) is 14.5 Å². The second-order valence-electron chi connectivity index (χ2n) is 7.73. The number of hydrogen-bond acceptors (Lipinski definition) is 5. The third-order valence-electron chi connectivity index (χ3n) is 5.49. The molecular formula is C19H25BrN4O3S. The molecule has 1 atom stereocenters. The molecule has 3 rings (SSSR count). The van der Waals surface area contributed by atoms with E-state index in [1.54, 1.807) is 25.1 Å². The predicted octanol–water partition coefficient (Wildman–Crippen LogP) is 1.87. The van der Waals surface area contributed by atoms with Crippen LogP contribution in [0.1, 0.15) is 25.3 Å². The van der Waals surface area contributed by atoms with Gasteiger partial charge in [0.05, 0.1) is 17.5 Å². The van der Waals surface area contributed by atoms with Gasteiger partial charge >= 0.3 is 0 Å². The Morgan fingerprint density at radius 1 is 1.32 bits per heavy atom. The monoisotopic (exact) mass is 468 g/mol. The lowest BCUT2D eigenvalue weighted by Gasteiger charge is -2.34. The van der Waals surface area contributed by atoms with Gasteiger partial charge in [-0.25, -0.2) is 8.42 Å². The van der Waals surface area contributed by atoms with Gasteiger partial charge in [0, 0.05) is 30.7 Å². The van der Waals surface area contributed by atoms with E-state index < -0.39 is 15.6 Å². The maximum atomic E-state index is 12.9. The highest BCUT2D eigenvalue weighted by molar-refractivity contribution is 9.10. The summed E-state index contributed by atoms with van der Waals surface area (Å²) in [4.78, 5) is 14.6. The number of halogens is 1. The Hall–Kier alpha value is -1.47. The molecule has 1 saturated heterocycles. The number of sulfonamides is 1. The van der Waals surface area contributed by atoms with Gasteiger partial charge in [0.25, 0.3) is 0 Å². The third kappa shape index (κ3) is 4.57. The van der Waals surface area contributed by atoms with Crippen LogP contribution in [0.5, 0.6) is 0 Å². The van der Waals surface area contributed by atoms with Crippen molar-refractivity contribution < 1.29 is 13.2 Å². The summed E-state index contributed by atoms with van der Waals surface area (Å²) in [6.45, 7) is 5.44. The summed E-state index contributed by atoms with van der Waals surface area (Å²) in [6.07, 6.45) is 1.94. The first-order valence-electron chi connectivity index (χ1n) is 9.36. The Morgan fingerprint density at radius 2 is 1.96 bits per heavy atom. The van der Waals surface area contributed by atoms with E-state index in [0.29, 0.717) is 26.2 Å². The lowest BCUT2D eigenvalue weighted by Crippen LogP contribution is -2.54. The normalized spacial score (nSPS) is 20.9. The number of nitrogens with one attached hydrogen (secondary N) is 1. The minimum absolute atomic E-state index is 0.176. The first kappa shape index (κ1) is 21.2. The fourth-order valence-electron chi connectivity index (χ4n) is 3.47. The van der Waals surface area contributed by atoms with Crippen LogP contribution in [0.25, 0.3) is 0 Å². The smallest absolute Gasteiger partial charge is 0.243 e. The summed E-state index contributed by atoms with van der Waals surface area (Å²) < 4.78 is 28.1. The molecule has 28 heavy (non-hydrogen) atoms. The molecular weight excluding hydrogens is 444 g/mol. The number of nitriles is 1. The summed E-state index contributed by atoms with van der Waals surface area (Å²) in [7, 11) is -3.55. The summed E-state index contributed by atoms with van der Waals surface area (Å²) in [5.74, 6) is 0.0496. The van der Waals surface area contributed by atoms with Crippen molar-refractivity contribution in [3.05, 3.63) is 28.2 Å². The highest BCUT2D eigenvalue weighted by Crippen LogP contribution is 2.39.